The van der Waals surface area contributed by atoms with Crippen molar-refractivity contribution < 1.29 is 9.53 Å². The number of para-hydroxylation sites is 1. The summed E-state index contributed by atoms with van der Waals surface area (Å²) in [5.74, 6) is 0.213. The van der Waals surface area contributed by atoms with Crippen LogP contribution in [0.15, 0.2) is 48.5 Å². The number of benzene rings is 2. The number of carbonyl (C=O) groups excluding carboxylic acids is 1. The van der Waals surface area contributed by atoms with Gasteiger partial charge in [-0.15, -0.1) is 0 Å². The van der Waals surface area contributed by atoms with Crippen LogP contribution < -0.4 is 20.9 Å². The molecule has 7 heteroatoms. The van der Waals surface area contributed by atoms with Gasteiger partial charge in [-0.1, -0.05) is 36.7 Å². The molecule has 2 aromatic carbocycles. The van der Waals surface area contributed by atoms with Crippen molar-refractivity contribution in [2.45, 2.75) is 13.3 Å². The zero-order valence-corrected chi connectivity index (χ0v) is 14.7. The Bertz CT molecular complexity index is 707. The zero-order chi connectivity index (χ0) is 17.4. The molecule has 3 N–H and O–H groups in total. The molecular formula is C17H18ClN3O2S. The summed E-state index contributed by atoms with van der Waals surface area (Å²) in [6.45, 7) is 1.93. The van der Waals surface area contributed by atoms with Crippen LogP contribution in [0.1, 0.15) is 12.5 Å². The van der Waals surface area contributed by atoms with Crippen molar-refractivity contribution in [1.29, 1.82) is 0 Å². The molecule has 5 nitrogen and oxygen atoms in total. The zero-order valence-electron chi connectivity index (χ0n) is 13.1. The molecule has 0 saturated heterocycles. The first-order valence-electron chi connectivity index (χ1n) is 7.40. The lowest BCUT2D eigenvalue weighted by atomic mass is 10.1. The number of halogens is 1. The fourth-order valence-corrected chi connectivity index (χ4v) is 2.23. The Morgan fingerprint density at radius 2 is 1.83 bits per heavy atom. The van der Waals surface area contributed by atoms with Gasteiger partial charge in [-0.3, -0.25) is 15.6 Å². The molecule has 0 atom stereocenters. The second-order valence-electron chi connectivity index (χ2n) is 4.88. The third-order valence-corrected chi connectivity index (χ3v) is 3.60. The largest absolute Gasteiger partial charge is 0.484 e. The summed E-state index contributed by atoms with van der Waals surface area (Å²) in [6, 6.07) is 14.6. The van der Waals surface area contributed by atoms with Gasteiger partial charge in [0.25, 0.3) is 5.91 Å². The molecule has 0 aliphatic rings. The summed E-state index contributed by atoms with van der Waals surface area (Å²) in [4.78, 5) is 11.8. The van der Waals surface area contributed by atoms with Crippen LogP contribution in [-0.4, -0.2) is 17.6 Å². The van der Waals surface area contributed by atoms with Gasteiger partial charge in [-0.05, 0) is 54.5 Å². The van der Waals surface area contributed by atoms with E-state index in [0.29, 0.717) is 15.9 Å². The highest BCUT2D eigenvalue weighted by atomic mass is 35.5. The third-order valence-electron chi connectivity index (χ3n) is 3.15. The Balaban J connectivity index is 1.74. The summed E-state index contributed by atoms with van der Waals surface area (Å²) in [5.41, 5.74) is 7.17. The van der Waals surface area contributed by atoms with Gasteiger partial charge in [0, 0.05) is 10.7 Å². The predicted molar refractivity (Wildman–Crippen MR) is 100 cm³/mol. The fourth-order valence-electron chi connectivity index (χ4n) is 1.95. The minimum atomic E-state index is -0.349. The van der Waals surface area contributed by atoms with Crippen LogP contribution in [0.2, 0.25) is 5.02 Å². The Labute approximate surface area is 151 Å². The average Bonchev–Trinajstić information content (AvgIpc) is 2.60. The Morgan fingerprint density at radius 3 is 2.54 bits per heavy atom. The van der Waals surface area contributed by atoms with E-state index in [1.54, 1.807) is 24.3 Å². The minimum Gasteiger partial charge on any atom is -0.484 e. The molecule has 24 heavy (non-hydrogen) atoms. The first-order valence-corrected chi connectivity index (χ1v) is 8.19. The molecule has 0 heterocycles. The highest BCUT2D eigenvalue weighted by molar-refractivity contribution is 7.80. The summed E-state index contributed by atoms with van der Waals surface area (Å²) >= 11 is 10.9. The molecule has 2 rings (SSSR count). The maximum Gasteiger partial charge on any atom is 0.276 e. The van der Waals surface area contributed by atoms with E-state index in [9.17, 15) is 4.79 Å². The monoisotopic (exact) mass is 363 g/mol. The standard InChI is InChI=1S/C17H18ClN3O2S/c1-2-12-5-3-4-6-15(12)19-17(24)21-20-16(22)11-23-14-9-7-13(18)8-10-14/h3-10H,2,11H2,1H3,(H,20,22)(H2,19,21,24). The Hall–Kier alpha value is -2.31. The van der Waals surface area contributed by atoms with Crippen LogP contribution in [-0.2, 0) is 11.2 Å². The van der Waals surface area contributed by atoms with Crippen molar-refractivity contribution in [3.8, 4) is 5.75 Å². The minimum absolute atomic E-state index is 0.136. The quantitative estimate of drug-likeness (QED) is 0.562. The van der Waals surface area contributed by atoms with Gasteiger partial charge in [0.2, 0.25) is 0 Å². The lowest BCUT2D eigenvalue weighted by Crippen LogP contribution is -2.45. The number of ether oxygens (including phenoxy) is 1. The van der Waals surface area contributed by atoms with Crippen LogP contribution >= 0.6 is 23.8 Å². The van der Waals surface area contributed by atoms with Crippen LogP contribution in [0, 0.1) is 0 Å². The Morgan fingerprint density at radius 1 is 1.12 bits per heavy atom. The van der Waals surface area contributed by atoms with E-state index in [0.717, 1.165) is 17.7 Å². The number of amides is 1. The smallest absolute Gasteiger partial charge is 0.276 e. The van der Waals surface area contributed by atoms with E-state index in [2.05, 4.69) is 23.1 Å². The normalized spacial score (nSPS) is 9.92. The van der Waals surface area contributed by atoms with Crippen molar-refractivity contribution in [2.24, 2.45) is 0 Å². The van der Waals surface area contributed by atoms with Gasteiger partial charge in [-0.25, -0.2) is 0 Å². The molecule has 126 valence electrons. The van der Waals surface area contributed by atoms with Crippen molar-refractivity contribution in [3.05, 3.63) is 59.1 Å². The molecule has 0 bridgehead atoms. The van der Waals surface area contributed by atoms with E-state index in [1.165, 1.54) is 0 Å². The topological polar surface area (TPSA) is 62.4 Å². The van der Waals surface area contributed by atoms with Crippen molar-refractivity contribution in [1.82, 2.24) is 10.9 Å². The van der Waals surface area contributed by atoms with Gasteiger partial charge in [0.15, 0.2) is 11.7 Å². The number of anilines is 1. The molecule has 0 aliphatic carbocycles. The second kappa shape index (κ2) is 9.10. The van der Waals surface area contributed by atoms with Crippen molar-refractivity contribution >= 4 is 40.5 Å². The van der Waals surface area contributed by atoms with Crippen molar-refractivity contribution in [3.63, 3.8) is 0 Å². The summed E-state index contributed by atoms with van der Waals surface area (Å²) in [6.07, 6.45) is 0.882. The van der Waals surface area contributed by atoms with E-state index >= 15 is 0 Å². The number of hydrogen-bond acceptors (Lipinski definition) is 3. The molecule has 0 saturated carbocycles. The molecule has 0 aliphatic heterocycles. The van der Waals surface area contributed by atoms with Crippen molar-refractivity contribution in [2.75, 3.05) is 11.9 Å². The average molecular weight is 364 g/mol. The first-order chi connectivity index (χ1) is 11.6. The molecule has 0 unspecified atom stereocenters. The lowest BCUT2D eigenvalue weighted by Gasteiger charge is -2.14. The SMILES string of the molecule is CCc1ccccc1NC(=S)NNC(=O)COc1ccc(Cl)cc1. The number of hydrazine groups is 1. The number of hydrogen-bond donors (Lipinski definition) is 3. The molecule has 0 aromatic heterocycles. The van der Waals surface area contributed by atoms with Gasteiger partial charge in [-0.2, -0.15) is 0 Å². The third kappa shape index (κ3) is 5.72. The molecule has 0 spiro atoms. The molecule has 0 fully saturated rings. The highest BCUT2D eigenvalue weighted by Crippen LogP contribution is 2.16. The van der Waals surface area contributed by atoms with E-state index in [-0.39, 0.29) is 12.5 Å². The van der Waals surface area contributed by atoms with Gasteiger partial charge >= 0.3 is 0 Å². The number of thiocarbonyl (C=S) groups is 1. The summed E-state index contributed by atoms with van der Waals surface area (Å²) in [5, 5.41) is 3.96. The van der Waals surface area contributed by atoms with Gasteiger partial charge in [0.1, 0.15) is 5.75 Å². The number of carbonyl (C=O) groups is 1. The summed E-state index contributed by atoms with van der Waals surface area (Å²) in [7, 11) is 0. The molecule has 2 aromatic rings. The van der Waals surface area contributed by atoms with Crippen LogP contribution in [0.25, 0.3) is 0 Å². The number of nitrogens with one attached hydrogen (secondary N) is 3. The second-order valence-corrected chi connectivity index (χ2v) is 5.73. The van der Waals surface area contributed by atoms with Crippen LogP contribution in [0.4, 0.5) is 5.69 Å². The molecule has 0 radical (unpaired) electrons. The highest BCUT2D eigenvalue weighted by Gasteiger charge is 2.05. The van der Waals surface area contributed by atoms with Crippen LogP contribution in [0.3, 0.4) is 0 Å². The van der Waals surface area contributed by atoms with Gasteiger partial charge in [0.05, 0.1) is 0 Å². The van der Waals surface area contributed by atoms with Gasteiger partial charge < -0.3 is 10.1 Å². The fraction of sp³-hybridized carbons (Fsp3) is 0.176. The lowest BCUT2D eigenvalue weighted by molar-refractivity contribution is -0.123. The van der Waals surface area contributed by atoms with E-state index in [1.807, 2.05) is 24.3 Å². The first kappa shape index (κ1) is 18.0. The maximum atomic E-state index is 11.8. The Kier molecular flexibility index (Phi) is 6.84. The number of rotatable bonds is 5. The molecule has 1 amide bonds. The molecular weight excluding hydrogens is 346 g/mol. The predicted octanol–water partition coefficient (Wildman–Crippen LogP) is 3.30. The van der Waals surface area contributed by atoms with E-state index in [4.69, 9.17) is 28.6 Å². The summed E-state index contributed by atoms with van der Waals surface area (Å²) < 4.78 is 5.34. The number of aryl methyl sites for hydroxylation is 1. The van der Waals surface area contributed by atoms with E-state index < -0.39 is 0 Å². The maximum absolute atomic E-state index is 11.8. The van der Waals surface area contributed by atoms with Crippen LogP contribution in [0.5, 0.6) is 5.75 Å².